The molecule has 166 valence electrons. The molecule has 1 aliphatic heterocycles. The summed E-state index contributed by atoms with van der Waals surface area (Å²) in [4.78, 5) is 31.0. The zero-order valence-electron chi connectivity index (χ0n) is 17.8. The van der Waals surface area contributed by atoms with E-state index >= 15 is 0 Å². The van der Waals surface area contributed by atoms with Crippen molar-refractivity contribution >= 4 is 35.1 Å². The standard InChI is InChI=1S/C24H24FN3O2S2/c1-2-3-4-16-5-9-18(10-6-16)26-21(29)15-32-24-27-20-13-14-31-22(20)23(30)28(24)19-11-7-17(25)8-12-19/h5-12H,2-4,13-15H2,1H3,(H,26,29). The second-order valence-electron chi connectivity index (χ2n) is 7.52. The molecule has 32 heavy (non-hydrogen) atoms. The van der Waals surface area contributed by atoms with Gasteiger partial charge in [-0.15, -0.1) is 11.8 Å². The molecule has 4 rings (SSSR count). The lowest BCUT2D eigenvalue weighted by Gasteiger charge is -2.14. The average Bonchev–Trinajstić information content (AvgIpc) is 3.27. The SMILES string of the molecule is CCCCc1ccc(NC(=O)CSc2nc3c(c(=O)n2-c2ccc(F)cc2)SCC3)cc1. The molecule has 0 fully saturated rings. The number of rotatable bonds is 8. The first-order valence-electron chi connectivity index (χ1n) is 10.6. The minimum Gasteiger partial charge on any atom is -0.325 e. The van der Waals surface area contributed by atoms with Gasteiger partial charge in [-0.1, -0.05) is 37.2 Å². The number of halogens is 1. The van der Waals surface area contributed by atoms with E-state index in [1.54, 1.807) is 12.1 Å². The van der Waals surface area contributed by atoms with Crippen molar-refractivity contribution in [3.05, 3.63) is 76.0 Å². The van der Waals surface area contributed by atoms with Crippen molar-refractivity contribution in [1.82, 2.24) is 9.55 Å². The number of hydrogen-bond acceptors (Lipinski definition) is 5. The highest BCUT2D eigenvalue weighted by molar-refractivity contribution is 8.00. The zero-order valence-corrected chi connectivity index (χ0v) is 19.4. The third kappa shape index (κ3) is 5.24. The third-order valence-corrected chi connectivity index (χ3v) is 7.19. The Morgan fingerprint density at radius 1 is 1.19 bits per heavy atom. The van der Waals surface area contributed by atoms with Crippen molar-refractivity contribution in [1.29, 1.82) is 0 Å². The fraction of sp³-hybridized carbons (Fsp3) is 0.292. The van der Waals surface area contributed by atoms with E-state index in [-0.39, 0.29) is 23.0 Å². The van der Waals surface area contributed by atoms with Crippen LogP contribution in [0.4, 0.5) is 10.1 Å². The molecule has 0 saturated heterocycles. The summed E-state index contributed by atoms with van der Waals surface area (Å²) in [6, 6.07) is 13.6. The Hall–Kier alpha value is -2.58. The maximum absolute atomic E-state index is 13.4. The Morgan fingerprint density at radius 3 is 2.66 bits per heavy atom. The summed E-state index contributed by atoms with van der Waals surface area (Å²) in [6.45, 7) is 2.16. The number of nitrogens with one attached hydrogen (secondary N) is 1. The molecule has 0 bridgehead atoms. The maximum atomic E-state index is 13.4. The summed E-state index contributed by atoms with van der Waals surface area (Å²) in [5.74, 6) is 0.367. The van der Waals surface area contributed by atoms with Gasteiger partial charge in [0.1, 0.15) is 5.82 Å². The molecule has 1 aromatic heterocycles. The van der Waals surface area contributed by atoms with Gasteiger partial charge in [-0.2, -0.15) is 0 Å². The lowest BCUT2D eigenvalue weighted by Crippen LogP contribution is -2.24. The van der Waals surface area contributed by atoms with E-state index in [1.807, 2.05) is 24.3 Å². The van der Waals surface area contributed by atoms with E-state index in [1.165, 1.54) is 45.8 Å². The van der Waals surface area contributed by atoms with E-state index in [2.05, 4.69) is 17.2 Å². The zero-order chi connectivity index (χ0) is 22.5. The number of amides is 1. The lowest BCUT2D eigenvalue weighted by molar-refractivity contribution is -0.113. The monoisotopic (exact) mass is 469 g/mol. The third-order valence-electron chi connectivity index (χ3n) is 5.14. The van der Waals surface area contributed by atoms with Gasteiger partial charge in [0.15, 0.2) is 5.16 Å². The Kier molecular flexibility index (Phi) is 7.32. The second-order valence-corrected chi connectivity index (χ2v) is 9.57. The Bertz CT molecular complexity index is 1160. The van der Waals surface area contributed by atoms with Crippen LogP contribution in [-0.4, -0.2) is 27.0 Å². The van der Waals surface area contributed by atoms with Gasteiger partial charge in [0.25, 0.3) is 5.56 Å². The number of benzene rings is 2. The minimum absolute atomic E-state index is 0.108. The Balaban J connectivity index is 1.50. The molecule has 2 aromatic carbocycles. The molecule has 1 aliphatic rings. The number of aromatic nitrogens is 2. The number of thioether (sulfide) groups is 2. The molecule has 3 aromatic rings. The van der Waals surface area contributed by atoms with Crippen LogP contribution in [0.25, 0.3) is 5.69 Å². The minimum atomic E-state index is -0.375. The van der Waals surface area contributed by atoms with Gasteiger partial charge in [0, 0.05) is 17.9 Å². The molecule has 0 spiro atoms. The van der Waals surface area contributed by atoms with Crippen molar-refractivity contribution in [3.8, 4) is 5.69 Å². The smallest absolute Gasteiger partial charge is 0.272 e. The molecule has 0 radical (unpaired) electrons. The van der Waals surface area contributed by atoms with Crippen LogP contribution in [0.15, 0.2) is 63.4 Å². The van der Waals surface area contributed by atoms with E-state index in [0.717, 1.165) is 42.8 Å². The highest BCUT2D eigenvalue weighted by atomic mass is 32.2. The highest BCUT2D eigenvalue weighted by Gasteiger charge is 2.23. The number of fused-ring (bicyclic) bond motifs is 1. The molecule has 1 amide bonds. The van der Waals surface area contributed by atoms with E-state index in [4.69, 9.17) is 0 Å². The molecule has 1 N–H and O–H groups in total. The van der Waals surface area contributed by atoms with Crippen LogP contribution >= 0.6 is 23.5 Å². The molecule has 0 aliphatic carbocycles. The predicted molar refractivity (Wildman–Crippen MR) is 129 cm³/mol. The number of hydrogen-bond donors (Lipinski definition) is 1. The number of anilines is 1. The van der Waals surface area contributed by atoms with Crippen LogP contribution in [0, 0.1) is 5.82 Å². The summed E-state index contributed by atoms with van der Waals surface area (Å²) in [6.07, 6.45) is 4.05. The van der Waals surface area contributed by atoms with Gasteiger partial charge < -0.3 is 5.32 Å². The Morgan fingerprint density at radius 2 is 1.94 bits per heavy atom. The molecule has 0 saturated carbocycles. The summed E-state index contributed by atoms with van der Waals surface area (Å²) in [5, 5.41) is 3.34. The molecule has 0 unspecified atom stereocenters. The quantitative estimate of drug-likeness (QED) is 0.368. The molecular formula is C24H24FN3O2S2. The molecule has 5 nitrogen and oxygen atoms in total. The van der Waals surface area contributed by atoms with Crippen molar-refractivity contribution in [2.24, 2.45) is 0 Å². The van der Waals surface area contributed by atoms with E-state index in [9.17, 15) is 14.0 Å². The van der Waals surface area contributed by atoms with Crippen LogP contribution in [-0.2, 0) is 17.6 Å². The Labute approximate surface area is 194 Å². The summed E-state index contributed by atoms with van der Waals surface area (Å²) >= 11 is 2.69. The van der Waals surface area contributed by atoms with Crippen molar-refractivity contribution in [3.63, 3.8) is 0 Å². The van der Waals surface area contributed by atoms with Gasteiger partial charge in [-0.05, 0) is 54.8 Å². The number of carbonyl (C=O) groups is 1. The van der Waals surface area contributed by atoms with Crippen LogP contribution in [0.2, 0.25) is 0 Å². The average molecular weight is 470 g/mol. The van der Waals surface area contributed by atoms with Gasteiger partial charge in [-0.25, -0.2) is 9.37 Å². The molecule has 0 atom stereocenters. The van der Waals surface area contributed by atoms with E-state index < -0.39 is 0 Å². The largest absolute Gasteiger partial charge is 0.325 e. The first-order valence-corrected chi connectivity index (χ1v) is 12.6. The molecular weight excluding hydrogens is 445 g/mol. The fourth-order valence-electron chi connectivity index (χ4n) is 3.47. The van der Waals surface area contributed by atoms with Crippen LogP contribution in [0.3, 0.4) is 0 Å². The molecule has 8 heteroatoms. The second kappa shape index (κ2) is 10.4. The predicted octanol–water partition coefficient (Wildman–Crippen LogP) is 5.09. The number of aryl methyl sites for hydroxylation is 2. The summed E-state index contributed by atoms with van der Waals surface area (Å²) < 4.78 is 14.9. The first-order chi connectivity index (χ1) is 15.5. The number of unbranched alkanes of at least 4 members (excludes halogenated alkanes) is 1. The fourth-order valence-corrected chi connectivity index (χ4v) is 5.32. The van der Waals surface area contributed by atoms with Gasteiger partial charge >= 0.3 is 0 Å². The highest BCUT2D eigenvalue weighted by Crippen LogP contribution is 2.30. The summed E-state index contributed by atoms with van der Waals surface area (Å²) in [7, 11) is 0. The lowest BCUT2D eigenvalue weighted by atomic mass is 10.1. The van der Waals surface area contributed by atoms with E-state index in [0.29, 0.717) is 15.7 Å². The van der Waals surface area contributed by atoms with Crippen LogP contribution < -0.4 is 10.9 Å². The van der Waals surface area contributed by atoms with Gasteiger partial charge in [0.2, 0.25) is 5.91 Å². The van der Waals surface area contributed by atoms with Gasteiger partial charge in [-0.3, -0.25) is 14.2 Å². The first kappa shape index (κ1) is 22.6. The maximum Gasteiger partial charge on any atom is 0.272 e. The van der Waals surface area contributed by atoms with Crippen LogP contribution in [0.5, 0.6) is 0 Å². The number of carbonyl (C=O) groups excluding carboxylic acids is 1. The summed E-state index contributed by atoms with van der Waals surface area (Å²) in [5.41, 5.74) is 3.12. The topological polar surface area (TPSA) is 64.0 Å². The van der Waals surface area contributed by atoms with Crippen LogP contribution in [0.1, 0.15) is 31.0 Å². The molecule has 2 heterocycles. The van der Waals surface area contributed by atoms with Crippen molar-refractivity contribution in [2.45, 2.75) is 42.7 Å². The van der Waals surface area contributed by atoms with Gasteiger partial charge in [0.05, 0.1) is 22.0 Å². The van der Waals surface area contributed by atoms with Crippen molar-refractivity contribution in [2.75, 3.05) is 16.8 Å². The number of nitrogens with zero attached hydrogens (tertiary/aromatic N) is 2. The van der Waals surface area contributed by atoms with Crippen molar-refractivity contribution < 1.29 is 9.18 Å². The normalized spacial score (nSPS) is 12.6.